The first kappa shape index (κ1) is 16.0. The van der Waals surface area contributed by atoms with Gasteiger partial charge in [-0.3, -0.25) is 15.0 Å². The van der Waals surface area contributed by atoms with Gasteiger partial charge in [0.25, 0.3) is 5.69 Å². The Bertz CT molecular complexity index is 510. The van der Waals surface area contributed by atoms with Gasteiger partial charge in [0.05, 0.1) is 9.95 Å². The molecule has 0 radical (unpaired) electrons. The maximum absolute atomic E-state index is 10.7. The lowest BCUT2D eigenvalue weighted by atomic mass is 10.1. The number of rotatable bonds is 6. The van der Waals surface area contributed by atoms with Gasteiger partial charge in [-0.05, 0) is 25.3 Å². The minimum atomic E-state index is -0.496. The molecule has 7 heteroatoms. The number of anilines is 1. The van der Waals surface area contributed by atoms with Crippen molar-refractivity contribution < 1.29 is 4.92 Å². The van der Waals surface area contributed by atoms with Crippen LogP contribution in [0.15, 0.2) is 12.3 Å². The molecule has 0 unspecified atom stereocenters. The maximum atomic E-state index is 10.7. The zero-order valence-corrected chi connectivity index (χ0v) is 13.1. The molecular weight excluding hydrogens is 292 g/mol. The lowest BCUT2D eigenvalue weighted by Gasteiger charge is -2.26. The molecule has 1 aromatic rings. The third kappa shape index (κ3) is 4.28. The predicted octanol–water partition coefficient (Wildman–Crippen LogP) is 3.18. The zero-order chi connectivity index (χ0) is 15.4. The van der Waals surface area contributed by atoms with Crippen molar-refractivity contribution in [2.24, 2.45) is 5.92 Å². The topological polar surface area (TPSA) is 71.3 Å². The molecular formula is C14H21ClN4O2. The average Bonchev–Trinajstić information content (AvgIpc) is 2.83. The zero-order valence-electron chi connectivity index (χ0n) is 12.4. The molecule has 0 amide bonds. The SMILES string of the molecule is CC(C)CN1CCC[C@@H]1CNc1ncc([N+](=O)[O-])cc1Cl. The molecule has 2 rings (SSSR count). The molecule has 1 aliphatic rings. The van der Waals surface area contributed by atoms with Crippen LogP contribution in [0.1, 0.15) is 26.7 Å². The number of likely N-dealkylation sites (tertiary alicyclic amines) is 1. The molecule has 6 nitrogen and oxygen atoms in total. The van der Waals surface area contributed by atoms with Gasteiger partial charge in [0.15, 0.2) is 0 Å². The Labute approximate surface area is 129 Å². The molecule has 1 aliphatic heterocycles. The van der Waals surface area contributed by atoms with Gasteiger partial charge in [0.1, 0.15) is 12.0 Å². The second-order valence-corrected chi connectivity index (χ2v) is 6.25. The van der Waals surface area contributed by atoms with Crippen LogP contribution >= 0.6 is 11.6 Å². The van der Waals surface area contributed by atoms with E-state index in [9.17, 15) is 10.1 Å². The monoisotopic (exact) mass is 312 g/mol. The van der Waals surface area contributed by atoms with Crippen LogP contribution in [0.5, 0.6) is 0 Å². The molecule has 1 fully saturated rings. The summed E-state index contributed by atoms with van der Waals surface area (Å²) in [6, 6.07) is 1.80. The number of nitrogens with one attached hydrogen (secondary N) is 1. The van der Waals surface area contributed by atoms with E-state index in [2.05, 4.69) is 29.0 Å². The number of pyridine rings is 1. The number of nitrogens with zero attached hydrogens (tertiary/aromatic N) is 3. The minimum Gasteiger partial charge on any atom is -0.367 e. The van der Waals surface area contributed by atoms with Crippen molar-refractivity contribution in [2.45, 2.75) is 32.7 Å². The molecule has 1 saturated heterocycles. The van der Waals surface area contributed by atoms with Gasteiger partial charge in [-0.25, -0.2) is 4.98 Å². The van der Waals surface area contributed by atoms with Gasteiger partial charge in [0, 0.05) is 25.2 Å². The molecule has 1 atom stereocenters. The Morgan fingerprint density at radius 3 is 3.00 bits per heavy atom. The molecule has 0 aliphatic carbocycles. The molecule has 1 N–H and O–H groups in total. The number of nitro groups is 1. The van der Waals surface area contributed by atoms with Crippen LogP contribution < -0.4 is 5.32 Å². The lowest BCUT2D eigenvalue weighted by molar-refractivity contribution is -0.385. The quantitative estimate of drug-likeness (QED) is 0.645. The van der Waals surface area contributed by atoms with E-state index in [1.807, 2.05) is 0 Å². The van der Waals surface area contributed by atoms with Crippen molar-refractivity contribution in [3.05, 3.63) is 27.4 Å². The normalized spacial score (nSPS) is 19.1. The van der Waals surface area contributed by atoms with E-state index in [0.717, 1.165) is 26.1 Å². The highest BCUT2D eigenvalue weighted by Gasteiger charge is 2.25. The summed E-state index contributed by atoms with van der Waals surface area (Å²) in [5.74, 6) is 1.16. The molecule has 0 aromatic carbocycles. The average molecular weight is 313 g/mol. The minimum absolute atomic E-state index is 0.0900. The highest BCUT2D eigenvalue weighted by Crippen LogP contribution is 2.25. The fourth-order valence-corrected chi connectivity index (χ4v) is 2.94. The van der Waals surface area contributed by atoms with Gasteiger partial charge in [-0.2, -0.15) is 0 Å². The van der Waals surface area contributed by atoms with Gasteiger partial charge in [0.2, 0.25) is 0 Å². The Balaban J connectivity index is 1.95. The molecule has 21 heavy (non-hydrogen) atoms. The standard InChI is InChI=1S/C14H21ClN4O2/c1-10(2)9-18-5-3-4-11(18)7-16-14-13(15)6-12(8-17-14)19(20)21/h6,8,10-11H,3-5,7,9H2,1-2H3,(H,16,17)/t11-/m1/s1. The Hall–Kier alpha value is -1.40. The first-order valence-corrected chi connectivity index (χ1v) is 7.63. The van der Waals surface area contributed by atoms with E-state index in [1.165, 1.54) is 18.7 Å². The van der Waals surface area contributed by atoms with Crippen LogP contribution in [0.3, 0.4) is 0 Å². The van der Waals surface area contributed by atoms with Crippen molar-refractivity contribution >= 4 is 23.1 Å². The number of halogens is 1. The van der Waals surface area contributed by atoms with E-state index < -0.39 is 4.92 Å². The summed E-state index contributed by atoms with van der Waals surface area (Å²) in [5, 5.41) is 14.2. The summed E-state index contributed by atoms with van der Waals surface area (Å²) in [4.78, 5) is 16.7. The summed E-state index contributed by atoms with van der Waals surface area (Å²) >= 11 is 6.04. The molecule has 2 heterocycles. The second-order valence-electron chi connectivity index (χ2n) is 5.85. The first-order chi connectivity index (χ1) is 9.97. The fourth-order valence-electron chi connectivity index (χ4n) is 2.71. The van der Waals surface area contributed by atoms with Gasteiger partial charge < -0.3 is 5.32 Å². The summed E-state index contributed by atoms with van der Waals surface area (Å²) in [6.07, 6.45) is 3.60. The first-order valence-electron chi connectivity index (χ1n) is 7.25. The predicted molar refractivity (Wildman–Crippen MR) is 83.8 cm³/mol. The number of hydrogen-bond donors (Lipinski definition) is 1. The lowest BCUT2D eigenvalue weighted by Crippen LogP contribution is -2.37. The Morgan fingerprint density at radius 2 is 2.38 bits per heavy atom. The second kappa shape index (κ2) is 7.04. The molecule has 116 valence electrons. The van der Waals surface area contributed by atoms with Crippen molar-refractivity contribution in [2.75, 3.05) is 25.0 Å². The molecule has 0 spiro atoms. The van der Waals surface area contributed by atoms with Crippen LogP contribution in [0.4, 0.5) is 11.5 Å². The van der Waals surface area contributed by atoms with Gasteiger partial charge in [-0.1, -0.05) is 25.4 Å². The number of aromatic nitrogens is 1. The van der Waals surface area contributed by atoms with Crippen LogP contribution in [0.2, 0.25) is 5.02 Å². The summed E-state index contributed by atoms with van der Waals surface area (Å²) < 4.78 is 0. The van der Waals surface area contributed by atoms with Crippen molar-refractivity contribution in [3.8, 4) is 0 Å². The van der Waals surface area contributed by atoms with E-state index in [0.29, 0.717) is 17.8 Å². The fraction of sp³-hybridized carbons (Fsp3) is 0.643. The van der Waals surface area contributed by atoms with E-state index in [-0.39, 0.29) is 10.7 Å². The third-order valence-electron chi connectivity index (χ3n) is 3.64. The van der Waals surface area contributed by atoms with Crippen LogP contribution in [0, 0.1) is 16.0 Å². The van der Waals surface area contributed by atoms with Gasteiger partial charge in [-0.15, -0.1) is 0 Å². The Morgan fingerprint density at radius 1 is 1.62 bits per heavy atom. The van der Waals surface area contributed by atoms with Crippen LogP contribution in [0.25, 0.3) is 0 Å². The van der Waals surface area contributed by atoms with Crippen LogP contribution in [-0.2, 0) is 0 Å². The highest BCUT2D eigenvalue weighted by atomic mass is 35.5. The molecule has 0 saturated carbocycles. The van der Waals surface area contributed by atoms with Gasteiger partial charge >= 0.3 is 0 Å². The van der Waals surface area contributed by atoms with E-state index in [1.54, 1.807) is 0 Å². The molecule has 0 bridgehead atoms. The van der Waals surface area contributed by atoms with Crippen LogP contribution in [-0.4, -0.2) is 40.5 Å². The number of hydrogen-bond acceptors (Lipinski definition) is 5. The summed E-state index contributed by atoms with van der Waals surface area (Å²) in [6.45, 7) is 7.42. The smallest absolute Gasteiger partial charge is 0.289 e. The summed E-state index contributed by atoms with van der Waals surface area (Å²) in [7, 11) is 0. The Kier molecular flexibility index (Phi) is 5.36. The third-order valence-corrected chi connectivity index (χ3v) is 3.93. The molecule has 1 aromatic heterocycles. The highest BCUT2D eigenvalue weighted by molar-refractivity contribution is 6.33. The largest absolute Gasteiger partial charge is 0.367 e. The van der Waals surface area contributed by atoms with Crippen molar-refractivity contribution in [1.82, 2.24) is 9.88 Å². The van der Waals surface area contributed by atoms with Crippen molar-refractivity contribution in [1.29, 1.82) is 0 Å². The van der Waals surface area contributed by atoms with Crippen molar-refractivity contribution in [3.63, 3.8) is 0 Å². The summed E-state index contributed by atoms with van der Waals surface area (Å²) in [5.41, 5.74) is -0.0900. The maximum Gasteiger partial charge on any atom is 0.289 e. The van der Waals surface area contributed by atoms with E-state index in [4.69, 9.17) is 11.6 Å². The van der Waals surface area contributed by atoms with E-state index >= 15 is 0 Å².